The molecule has 4 aromatic rings. The molecule has 0 spiro atoms. The normalized spacial score (nSPS) is 11.7. The lowest BCUT2D eigenvalue weighted by atomic mass is 10.1. The zero-order valence-corrected chi connectivity index (χ0v) is 17.1. The second kappa shape index (κ2) is 8.66. The largest absolute Gasteiger partial charge is 0.459 e. The van der Waals surface area contributed by atoms with E-state index in [0.717, 1.165) is 16.8 Å². The summed E-state index contributed by atoms with van der Waals surface area (Å²) in [6.07, 6.45) is 4.54. The van der Waals surface area contributed by atoms with Crippen LogP contribution in [0.4, 0.5) is 5.69 Å². The van der Waals surface area contributed by atoms with E-state index >= 15 is 0 Å². The third-order valence-corrected chi connectivity index (χ3v) is 4.92. The number of hydrogen-bond donors (Lipinski definition) is 2. The van der Waals surface area contributed by atoms with E-state index in [-0.39, 0.29) is 23.6 Å². The first-order valence-electron chi connectivity index (χ1n) is 9.72. The molecule has 0 fully saturated rings. The van der Waals surface area contributed by atoms with E-state index in [1.807, 2.05) is 38.1 Å². The topological polar surface area (TPSA) is 102 Å². The van der Waals surface area contributed by atoms with Crippen LogP contribution in [-0.2, 0) is 0 Å². The highest BCUT2D eigenvalue weighted by molar-refractivity contribution is 6.04. The number of amides is 2. The molecule has 2 amide bonds. The molecule has 2 aromatic carbocycles. The summed E-state index contributed by atoms with van der Waals surface area (Å²) in [4.78, 5) is 29.0. The molecule has 8 heteroatoms. The second-order valence-corrected chi connectivity index (χ2v) is 7.09. The molecule has 2 heterocycles. The minimum Gasteiger partial charge on any atom is -0.459 e. The lowest BCUT2D eigenvalue weighted by Crippen LogP contribution is -2.26. The van der Waals surface area contributed by atoms with Crippen LogP contribution in [0.15, 0.2) is 77.9 Å². The van der Waals surface area contributed by atoms with E-state index in [2.05, 4.69) is 20.7 Å². The smallest absolute Gasteiger partial charge is 0.291 e. The molecule has 0 aliphatic carbocycles. The number of anilines is 1. The molecule has 0 aliphatic rings. The van der Waals surface area contributed by atoms with E-state index < -0.39 is 0 Å². The van der Waals surface area contributed by atoms with Crippen LogP contribution in [0.5, 0.6) is 0 Å². The van der Waals surface area contributed by atoms with Crippen molar-refractivity contribution in [2.24, 2.45) is 0 Å². The van der Waals surface area contributed by atoms with Gasteiger partial charge in [0.15, 0.2) is 5.76 Å². The molecule has 0 radical (unpaired) electrons. The number of aryl methyl sites for hydroxylation is 1. The first kappa shape index (κ1) is 20.1. The fourth-order valence-electron chi connectivity index (χ4n) is 3.11. The van der Waals surface area contributed by atoms with Gasteiger partial charge in [-0.05, 0) is 61.4 Å². The Bertz CT molecular complexity index is 1180. The predicted molar refractivity (Wildman–Crippen MR) is 115 cm³/mol. The number of carbonyl (C=O) groups excluding carboxylic acids is 2. The van der Waals surface area contributed by atoms with Crippen LogP contribution in [0.1, 0.15) is 45.0 Å². The molecular weight excluding hydrogens is 394 g/mol. The van der Waals surface area contributed by atoms with Gasteiger partial charge < -0.3 is 15.1 Å². The summed E-state index contributed by atoms with van der Waals surface area (Å²) in [6.45, 7) is 3.77. The van der Waals surface area contributed by atoms with Crippen LogP contribution in [0.25, 0.3) is 5.69 Å². The van der Waals surface area contributed by atoms with E-state index in [9.17, 15) is 9.59 Å². The van der Waals surface area contributed by atoms with Gasteiger partial charge in [-0.3, -0.25) is 9.59 Å². The summed E-state index contributed by atoms with van der Waals surface area (Å²) >= 11 is 0. The second-order valence-electron chi connectivity index (χ2n) is 7.09. The lowest BCUT2D eigenvalue weighted by Gasteiger charge is -2.16. The lowest BCUT2D eigenvalue weighted by molar-refractivity contribution is 0.0938. The van der Waals surface area contributed by atoms with E-state index in [1.54, 1.807) is 41.3 Å². The van der Waals surface area contributed by atoms with Gasteiger partial charge in [0.2, 0.25) is 0 Å². The molecule has 0 aliphatic heterocycles. The van der Waals surface area contributed by atoms with Gasteiger partial charge in [-0.25, -0.2) is 9.67 Å². The SMILES string of the molecule is Cc1ccc(C(=O)N[C@H](C)c2ccc(-n3cncn3)cc2)cc1NC(=O)c1ccco1. The zero-order valence-electron chi connectivity index (χ0n) is 17.1. The van der Waals surface area contributed by atoms with Crippen molar-refractivity contribution < 1.29 is 14.0 Å². The maximum atomic E-state index is 12.8. The number of nitrogens with zero attached hydrogens (tertiary/aromatic N) is 3. The van der Waals surface area contributed by atoms with Crippen LogP contribution in [-0.4, -0.2) is 26.6 Å². The molecule has 1 atom stereocenters. The summed E-state index contributed by atoms with van der Waals surface area (Å²) < 4.78 is 6.78. The third-order valence-electron chi connectivity index (χ3n) is 4.92. The number of carbonyl (C=O) groups is 2. The Balaban J connectivity index is 1.45. The number of nitrogens with one attached hydrogen (secondary N) is 2. The molecule has 2 N–H and O–H groups in total. The van der Waals surface area contributed by atoms with Gasteiger partial charge in [0.1, 0.15) is 12.7 Å². The molecule has 156 valence electrons. The summed E-state index contributed by atoms with van der Waals surface area (Å²) in [6, 6.07) is 15.9. The summed E-state index contributed by atoms with van der Waals surface area (Å²) in [5.41, 5.74) is 3.68. The highest BCUT2D eigenvalue weighted by atomic mass is 16.3. The Morgan fingerprint density at radius 2 is 1.87 bits per heavy atom. The van der Waals surface area contributed by atoms with Gasteiger partial charge in [0, 0.05) is 11.3 Å². The van der Waals surface area contributed by atoms with Crippen molar-refractivity contribution in [2.75, 3.05) is 5.32 Å². The predicted octanol–water partition coefficient (Wildman–Crippen LogP) is 3.91. The first-order valence-corrected chi connectivity index (χ1v) is 9.72. The average Bonchev–Trinajstić information content (AvgIpc) is 3.50. The van der Waals surface area contributed by atoms with Gasteiger partial charge in [0.05, 0.1) is 18.0 Å². The van der Waals surface area contributed by atoms with Gasteiger partial charge in [-0.2, -0.15) is 5.10 Å². The van der Waals surface area contributed by atoms with Gasteiger partial charge in [-0.1, -0.05) is 18.2 Å². The zero-order chi connectivity index (χ0) is 21.8. The van der Waals surface area contributed by atoms with Gasteiger partial charge >= 0.3 is 0 Å². The molecule has 0 saturated heterocycles. The van der Waals surface area contributed by atoms with E-state index in [1.165, 1.54) is 12.6 Å². The van der Waals surface area contributed by atoms with Gasteiger partial charge in [-0.15, -0.1) is 0 Å². The molecule has 0 bridgehead atoms. The summed E-state index contributed by atoms with van der Waals surface area (Å²) in [5, 5.41) is 9.88. The number of benzene rings is 2. The number of furan rings is 1. The van der Waals surface area contributed by atoms with Crippen molar-refractivity contribution in [2.45, 2.75) is 19.9 Å². The molecular formula is C23H21N5O3. The number of hydrogen-bond acceptors (Lipinski definition) is 5. The molecule has 31 heavy (non-hydrogen) atoms. The van der Waals surface area contributed by atoms with Crippen molar-refractivity contribution in [1.82, 2.24) is 20.1 Å². The summed E-state index contributed by atoms with van der Waals surface area (Å²) in [5.74, 6) is -0.398. The molecule has 8 nitrogen and oxygen atoms in total. The number of rotatable bonds is 6. The van der Waals surface area contributed by atoms with Crippen molar-refractivity contribution in [3.05, 3.63) is 96.0 Å². The molecule has 0 saturated carbocycles. The van der Waals surface area contributed by atoms with E-state index in [0.29, 0.717) is 11.3 Å². The highest BCUT2D eigenvalue weighted by Gasteiger charge is 2.15. The average molecular weight is 415 g/mol. The van der Waals surface area contributed by atoms with Crippen molar-refractivity contribution in [3.63, 3.8) is 0 Å². The Morgan fingerprint density at radius 3 is 2.55 bits per heavy atom. The van der Waals surface area contributed by atoms with Gasteiger partial charge in [0.25, 0.3) is 11.8 Å². The fourth-order valence-corrected chi connectivity index (χ4v) is 3.11. The van der Waals surface area contributed by atoms with Crippen molar-refractivity contribution >= 4 is 17.5 Å². The van der Waals surface area contributed by atoms with Crippen LogP contribution in [0.3, 0.4) is 0 Å². The van der Waals surface area contributed by atoms with Crippen molar-refractivity contribution in [1.29, 1.82) is 0 Å². The fraction of sp³-hybridized carbons (Fsp3) is 0.130. The first-order chi connectivity index (χ1) is 15.0. The van der Waals surface area contributed by atoms with Crippen LogP contribution in [0.2, 0.25) is 0 Å². The Morgan fingerprint density at radius 1 is 1.06 bits per heavy atom. The Hall–Kier alpha value is -4.20. The van der Waals surface area contributed by atoms with Crippen molar-refractivity contribution in [3.8, 4) is 5.69 Å². The molecule has 2 aromatic heterocycles. The van der Waals surface area contributed by atoms with Crippen LogP contribution < -0.4 is 10.6 Å². The Kier molecular flexibility index (Phi) is 5.61. The molecule has 4 rings (SSSR count). The van der Waals surface area contributed by atoms with Crippen LogP contribution >= 0.6 is 0 Å². The standard InChI is InChI=1S/C23H21N5O3/c1-15-5-6-18(12-20(15)27-23(30)21-4-3-11-31-21)22(29)26-16(2)17-7-9-19(10-8-17)28-14-24-13-25-28/h3-14,16H,1-2H3,(H,26,29)(H,27,30)/t16-/m1/s1. The number of aromatic nitrogens is 3. The highest BCUT2D eigenvalue weighted by Crippen LogP contribution is 2.20. The van der Waals surface area contributed by atoms with Crippen LogP contribution in [0, 0.1) is 6.92 Å². The third kappa shape index (κ3) is 4.53. The maximum Gasteiger partial charge on any atom is 0.291 e. The summed E-state index contributed by atoms with van der Waals surface area (Å²) in [7, 11) is 0. The minimum atomic E-state index is -0.369. The monoisotopic (exact) mass is 415 g/mol. The van der Waals surface area contributed by atoms with E-state index in [4.69, 9.17) is 4.42 Å². The molecule has 0 unspecified atom stereocenters. The maximum absolute atomic E-state index is 12.8. The minimum absolute atomic E-state index is 0.206. The quantitative estimate of drug-likeness (QED) is 0.497. The Labute approximate surface area is 178 Å².